The number of hydrogen-bond donors (Lipinski definition) is 0. The summed E-state index contributed by atoms with van der Waals surface area (Å²) in [6.07, 6.45) is 0. The van der Waals surface area contributed by atoms with E-state index in [-0.39, 0.29) is 23.9 Å². The number of benzene rings is 2. The number of piperazine rings is 1. The lowest BCUT2D eigenvalue weighted by Crippen LogP contribution is -2.50. The Hall–Kier alpha value is -2.62. The lowest BCUT2D eigenvalue weighted by molar-refractivity contribution is 0.0697. The minimum atomic E-state index is -3.64. The van der Waals surface area contributed by atoms with Crippen molar-refractivity contribution in [2.75, 3.05) is 53.1 Å². The Morgan fingerprint density at radius 2 is 1.68 bits per heavy atom. The summed E-state index contributed by atoms with van der Waals surface area (Å²) in [5.74, 6) is 1.06. The zero-order valence-corrected chi connectivity index (χ0v) is 18.6. The van der Waals surface area contributed by atoms with Gasteiger partial charge in [-0.1, -0.05) is 6.07 Å². The van der Waals surface area contributed by atoms with E-state index in [0.29, 0.717) is 50.0 Å². The molecule has 8 nitrogen and oxygen atoms in total. The molecule has 0 aromatic heterocycles. The van der Waals surface area contributed by atoms with E-state index in [1.54, 1.807) is 60.5 Å². The van der Waals surface area contributed by atoms with Crippen LogP contribution in [0, 0.1) is 0 Å². The van der Waals surface area contributed by atoms with Crippen molar-refractivity contribution in [2.24, 2.45) is 0 Å². The Morgan fingerprint density at radius 3 is 2.32 bits per heavy atom. The predicted octanol–water partition coefficient (Wildman–Crippen LogP) is 2.26. The molecule has 168 valence electrons. The summed E-state index contributed by atoms with van der Waals surface area (Å²) in [7, 11) is -2.09. The van der Waals surface area contributed by atoms with Crippen molar-refractivity contribution in [1.29, 1.82) is 0 Å². The van der Waals surface area contributed by atoms with Crippen LogP contribution in [0.15, 0.2) is 53.4 Å². The van der Waals surface area contributed by atoms with Gasteiger partial charge in [0.25, 0.3) is 5.91 Å². The highest BCUT2D eigenvalue weighted by Gasteiger charge is 2.30. The van der Waals surface area contributed by atoms with Crippen LogP contribution in [0.3, 0.4) is 0 Å². The average Bonchev–Trinajstić information content (AvgIpc) is 2.82. The molecule has 9 heteroatoms. The highest BCUT2D eigenvalue weighted by atomic mass is 32.2. The molecule has 1 fully saturated rings. The molecule has 0 bridgehead atoms. The third-order valence-electron chi connectivity index (χ3n) is 5.00. The molecule has 0 unspecified atom stereocenters. The standard InChI is InChI=1S/C22H28N2O6S/c1-3-29-15-16-30-19-7-9-21(10-8-19)31(26,27)24-13-11-23(12-14-24)22(25)18-5-4-6-20(17-18)28-2/h4-10,17H,3,11-16H2,1-2H3. The Kier molecular flexibility index (Phi) is 7.89. The fraction of sp³-hybridized carbons (Fsp3) is 0.409. The Labute approximate surface area is 183 Å². The third kappa shape index (κ3) is 5.75. The van der Waals surface area contributed by atoms with Crippen LogP contribution in [0.1, 0.15) is 17.3 Å². The van der Waals surface area contributed by atoms with Crippen LogP contribution >= 0.6 is 0 Å². The molecule has 1 heterocycles. The first kappa shape index (κ1) is 23.1. The van der Waals surface area contributed by atoms with E-state index in [9.17, 15) is 13.2 Å². The van der Waals surface area contributed by atoms with E-state index < -0.39 is 10.0 Å². The van der Waals surface area contributed by atoms with Crippen molar-refractivity contribution in [3.8, 4) is 11.5 Å². The van der Waals surface area contributed by atoms with Crippen molar-refractivity contribution in [3.63, 3.8) is 0 Å². The zero-order valence-electron chi connectivity index (χ0n) is 17.8. The molecule has 2 aromatic carbocycles. The minimum absolute atomic E-state index is 0.135. The molecule has 1 amide bonds. The van der Waals surface area contributed by atoms with Crippen LogP contribution in [0.25, 0.3) is 0 Å². The van der Waals surface area contributed by atoms with Gasteiger partial charge in [0.05, 0.1) is 18.6 Å². The predicted molar refractivity (Wildman–Crippen MR) is 116 cm³/mol. The molecule has 0 atom stereocenters. The number of carbonyl (C=O) groups excluding carboxylic acids is 1. The molecular weight excluding hydrogens is 420 g/mol. The summed E-state index contributed by atoms with van der Waals surface area (Å²) in [5.41, 5.74) is 0.524. The van der Waals surface area contributed by atoms with Crippen molar-refractivity contribution < 1.29 is 27.4 Å². The highest BCUT2D eigenvalue weighted by molar-refractivity contribution is 7.89. The second-order valence-electron chi connectivity index (χ2n) is 6.95. The highest BCUT2D eigenvalue weighted by Crippen LogP contribution is 2.22. The monoisotopic (exact) mass is 448 g/mol. The number of nitrogens with zero attached hydrogens (tertiary/aromatic N) is 2. The number of hydrogen-bond acceptors (Lipinski definition) is 6. The first-order valence-corrected chi connectivity index (χ1v) is 11.6. The summed E-state index contributed by atoms with van der Waals surface area (Å²) < 4.78 is 43.3. The van der Waals surface area contributed by atoms with Gasteiger partial charge in [-0.2, -0.15) is 4.31 Å². The van der Waals surface area contributed by atoms with Crippen molar-refractivity contribution in [2.45, 2.75) is 11.8 Å². The molecule has 1 aliphatic rings. The van der Waals surface area contributed by atoms with E-state index in [2.05, 4.69) is 0 Å². The molecular formula is C22H28N2O6S. The normalized spacial score (nSPS) is 15.0. The first-order chi connectivity index (χ1) is 15.0. The first-order valence-electron chi connectivity index (χ1n) is 10.2. The molecule has 2 aromatic rings. The maximum absolute atomic E-state index is 13.0. The molecule has 0 saturated carbocycles. The summed E-state index contributed by atoms with van der Waals surface area (Å²) in [4.78, 5) is 14.6. The number of rotatable bonds is 9. The van der Waals surface area contributed by atoms with Crippen molar-refractivity contribution in [1.82, 2.24) is 9.21 Å². The number of sulfonamides is 1. The fourth-order valence-electron chi connectivity index (χ4n) is 3.29. The zero-order chi connectivity index (χ0) is 22.3. The van der Waals surface area contributed by atoms with Crippen LogP contribution in [0.2, 0.25) is 0 Å². The Morgan fingerprint density at radius 1 is 0.968 bits per heavy atom. The summed E-state index contributed by atoms with van der Waals surface area (Å²) >= 11 is 0. The summed E-state index contributed by atoms with van der Waals surface area (Å²) in [5, 5.41) is 0. The molecule has 0 aliphatic carbocycles. The van der Waals surface area contributed by atoms with Crippen LogP contribution in [-0.4, -0.2) is 76.6 Å². The smallest absolute Gasteiger partial charge is 0.254 e. The van der Waals surface area contributed by atoms with Crippen LogP contribution in [0.4, 0.5) is 0 Å². The van der Waals surface area contributed by atoms with E-state index >= 15 is 0 Å². The maximum atomic E-state index is 13.0. The van der Waals surface area contributed by atoms with E-state index in [1.807, 2.05) is 6.92 Å². The second kappa shape index (κ2) is 10.6. The number of carbonyl (C=O) groups is 1. The SMILES string of the molecule is CCOCCOc1ccc(S(=O)(=O)N2CCN(C(=O)c3cccc(OC)c3)CC2)cc1. The summed E-state index contributed by atoms with van der Waals surface area (Å²) in [6.45, 7) is 4.56. The van der Waals surface area contributed by atoms with Gasteiger partial charge in [0, 0.05) is 38.3 Å². The van der Waals surface area contributed by atoms with Crippen molar-refractivity contribution >= 4 is 15.9 Å². The van der Waals surface area contributed by atoms with Gasteiger partial charge in [-0.25, -0.2) is 8.42 Å². The minimum Gasteiger partial charge on any atom is -0.497 e. The lowest BCUT2D eigenvalue weighted by Gasteiger charge is -2.34. The molecule has 0 N–H and O–H groups in total. The molecule has 0 radical (unpaired) electrons. The Balaban J connectivity index is 1.58. The van der Waals surface area contributed by atoms with E-state index in [0.717, 1.165) is 0 Å². The molecule has 1 saturated heterocycles. The van der Waals surface area contributed by atoms with Crippen LogP contribution < -0.4 is 9.47 Å². The van der Waals surface area contributed by atoms with Gasteiger partial charge in [0.15, 0.2) is 0 Å². The van der Waals surface area contributed by atoms with Gasteiger partial charge in [0.1, 0.15) is 18.1 Å². The number of methoxy groups -OCH3 is 1. The molecule has 0 spiro atoms. The fourth-order valence-corrected chi connectivity index (χ4v) is 4.71. The van der Waals surface area contributed by atoms with Crippen LogP contribution in [0.5, 0.6) is 11.5 Å². The second-order valence-corrected chi connectivity index (χ2v) is 8.88. The van der Waals surface area contributed by atoms with Gasteiger partial charge in [-0.05, 0) is 49.4 Å². The Bertz CT molecular complexity index is 970. The molecule has 31 heavy (non-hydrogen) atoms. The van der Waals surface area contributed by atoms with Gasteiger partial charge in [0.2, 0.25) is 10.0 Å². The topological polar surface area (TPSA) is 85.4 Å². The number of amides is 1. The van der Waals surface area contributed by atoms with Gasteiger partial charge >= 0.3 is 0 Å². The van der Waals surface area contributed by atoms with Gasteiger partial charge < -0.3 is 19.1 Å². The van der Waals surface area contributed by atoms with Crippen LogP contribution in [-0.2, 0) is 14.8 Å². The van der Waals surface area contributed by atoms with Crippen molar-refractivity contribution in [3.05, 3.63) is 54.1 Å². The maximum Gasteiger partial charge on any atom is 0.254 e. The third-order valence-corrected chi connectivity index (χ3v) is 6.92. The quantitative estimate of drug-likeness (QED) is 0.547. The molecule has 3 rings (SSSR count). The summed E-state index contributed by atoms with van der Waals surface area (Å²) in [6, 6.07) is 13.3. The van der Waals surface area contributed by atoms with Gasteiger partial charge in [-0.3, -0.25) is 4.79 Å². The van der Waals surface area contributed by atoms with E-state index in [4.69, 9.17) is 14.2 Å². The molecule has 1 aliphatic heterocycles. The lowest BCUT2D eigenvalue weighted by atomic mass is 10.1. The van der Waals surface area contributed by atoms with Gasteiger partial charge in [-0.15, -0.1) is 0 Å². The average molecular weight is 449 g/mol. The van der Waals surface area contributed by atoms with E-state index in [1.165, 1.54) is 4.31 Å². The number of ether oxygens (including phenoxy) is 3. The largest absolute Gasteiger partial charge is 0.497 e.